The van der Waals surface area contributed by atoms with Crippen LogP contribution >= 0.6 is 11.8 Å². The van der Waals surface area contributed by atoms with Crippen molar-refractivity contribution in [1.82, 2.24) is 14.8 Å². The second-order valence-electron chi connectivity index (χ2n) is 5.87. The molecule has 132 valence electrons. The fourth-order valence-corrected chi connectivity index (χ4v) is 3.86. The van der Waals surface area contributed by atoms with E-state index in [-0.39, 0.29) is 16.5 Å². The summed E-state index contributed by atoms with van der Waals surface area (Å²) in [6, 6.07) is 3.60. The Morgan fingerprint density at radius 2 is 2.36 bits per heavy atom. The first-order valence-electron chi connectivity index (χ1n) is 7.96. The highest BCUT2D eigenvalue weighted by Gasteiger charge is 2.38. The first kappa shape index (κ1) is 17.8. The molecule has 0 unspecified atom stereocenters. The lowest BCUT2D eigenvalue weighted by Crippen LogP contribution is -2.41. The lowest BCUT2D eigenvalue weighted by molar-refractivity contribution is 0.0693. The number of carbonyl (C=O) groups is 1. The number of nitrogens with two attached hydrogens (primary N) is 1. The van der Waals surface area contributed by atoms with Crippen LogP contribution in [-0.4, -0.2) is 49.7 Å². The number of aromatic nitrogens is 3. The van der Waals surface area contributed by atoms with Gasteiger partial charge in [-0.15, -0.1) is 10.2 Å². The van der Waals surface area contributed by atoms with Gasteiger partial charge in [0, 0.05) is 6.54 Å². The maximum Gasteiger partial charge on any atom is 0.537 e. The second-order valence-corrected chi connectivity index (χ2v) is 7.08. The van der Waals surface area contributed by atoms with E-state index in [9.17, 15) is 14.9 Å². The van der Waals surface area contributed by atoms with Gasteiger partial charge in [-0.05, 0) is 37.4 Å². The van der Waals surface area contributed by atoms with Crippen molar-refractivity contribution in [1.29, 1.82) is 0 Å². The van der Waals surface area contributed by atoms with Crippen LogP contribution in [0.25, 0.3) is 0 Å². The Labute approximate surface area is 149 Å². The summed E-state index contributed by atoms with van der Waals surface area (Å²) in [4.78, 5) is 11.5. The van der Waals surface area contributed by atoms with E-state index in [1.807, 2.05) is 10.6 Å². The van der Waals surface area contributed by atoms with Crippen molar-refractivity contribution in [3.8, 4) is 5.75 Å². The average molecular weight is 362 g/mol. The standard InChI is InChI=1S/C15H19BN4O4S/c1-9-3-4-10-7-11(16(23)24-13(10)12(9)14(21)22)25-15-19-18-8-20(15)6-2-5-17/h3-4,8,11,23H,2,5-7,17H2,1H3,(H,21,22)/t11-/m0/s1. The zero-order chi connectivity index (χ0) is 18.0. The molecule has 25 heavy (non-hydrogen) atoms. The molecule has 8 nitrogen and oxygen atoms in total. The Hall–Kier alpha value is -2.04. The minimum atomic E-state index is -1.13. The van der Waals surface area contributed by atoms with E-state index in [1.54, 1.807) is 19.3 Å². The average Bonchev–Trinajstić information content (AvgIpc) is 3.00. The Kier molecular flexibility index (Phi) is 5.31. The van der Waals surface area contributed by atoms with Crippen molar-refractivity contribution >= 4 is 24.8 Å². The first-order chi connectivity index (χ1) is 12.0. The van der Waals surface area contributed by atoms with Gasteiger partial charge >= 0.3 is 13.1 Å². The van der Waals surface area contributed by atoms with Gasteiger partial charge in [0.15, 0.2) is 5.16 Å². The number of carboxylic acid groups (broad SMARTS) is 1. The highest BCUT2D eigenvalue weighted by Crippen LogP contribution is 2.37. The fraction of sp³-hybridized carbons (Fsp3) is 0.400. The van der Waals surface area contributed by atoms with Gasteiger partial charge in [-0.2, -0.15) is 0 Å². The van der Waals surface area contributed by atoms with Crippen LogP contribution < -0.4 is 10.4 Å². The zero-order valence-electron chi connectivity index (χ0n) is 13.8. The van der Waals surface area contributed by atoms with Crippen LogP contribution in [0, 0.1) is 6.92 Å². The number of hydrogen-bond donors (Lipinski definition) is 3. The molecule has 0 amide bonds. The third kappa shape index (κ3) is 3.65. The van der Waals surface area contributed by atoms with E-state index in [0.717, 1.165) is 12.0 Å². The molecule has 0 radical (unpaired) electrons. The summed E-state index contributed by atoms with van der Waals surface area (Å²) in [5.41, 5.74) is 7.00. The van der Waals surface area contributed by atoms with Crippen LogP contribution in [0.15, 0.2) is 23.6 Å². The SMILES string of the molecule is Cc1ccc2c(c1C(=O)O)OB(O)[C@@H](Sc1nncn1CCCN)C2. The summed E-state index contributed by atoms with van der Waals surface area (Å²) < 4.78 is 7.45. The van der Waals surface area contributed by atoms with E-state index >= 15 is 0 Å². The predicted molar refractivity (Wildman–Crippen MR) is 93.8 cm³/mol. The number of benzene rings is 1. The quantitative estimate of drug-likeness (QED) is 0.643. The number of thioether (sulfide) groups is 1. The minimum absolute atomic E-state index is 0.103. The van der Waals surface area contributed by atoms with Crippen LogP contribution in [0.5, 0.6) is 5.75 Å². The zero-order valence-corrected chi connectivity index (χ0v) is 14.6. The van der Waals surface area contributed by atoms with Crippen molar-refractivity contribution in [2.45, 2.75) is 36.6 Å². The molecule has 0 bridgehead atoms. The minimum Gasteiger partial charge on any atom is -0.535 e. The lowest BCUT2D eigenvalue weighted by atomic mass is 9.77. The number of fused-ring (bicyclic) bond motifs is 1. The summed E-state index contributed by atoms with van der Waals surface area (Å²) in [5, 5.41) is 28.1. The van der Waals surface area contributed by atoms with Gasteiger partial charge in [0.25, 0.3) is 0 Å². The molecule has 1 aliphatic rings. The maximum atomic E-state index is 11.5. The molecular formula is C15H19BN4O4S. The third-order valence-corrected chi connectivity index (χ3v) is 5.31. The number of hydrogen-bond acceptors (Lipinski definition) is 7. The number of aromatic carboxylic acids is 1. The number of aryl methyl sites for hydroxylation is 2. The summed E-state index contributed by atoms with van der Waals surface area (Å²) in [7, 11) is -1.13. The Morgan fingerprint density at radius 3 is 3.08 bits per heavy atom. The van der Waals surface area contributed by atoms with Gasteiger partial charge in [0.2, 0.25) is 0 Å². The molecule has 2 aromatic rings. The topological polar surface area (TPSA) is 123 Å². The Morgan fingerprint density at radius 1 is 1.56 bits per heavy atom. The molecule has 0 spiro atoms. The molecular weight excluding hydrogens is 343 g/mol. The van der Waals surface area contributed by atoms with Gasteiger partial charge in [0.1, 0.15) is 17.6 Å². The number of nitrogens with zero attached hydrogens (tertiary/aromatic N) is 3. The van der Waals surface area contributed by atoms with Crippen LogP contribution in [0.2, 0.25) is 0 Å². The summed E-state index contributed by atoms with van der Waals surface area (Å²) in [6.07, 6.45) is 2.92. The van der Waals surface area contributed by atoms with E-state index in [2.05, 4.69) is 10.2 Å². The normalized spacial score (nSPS) is 16.4. The Bertz CT molecular complexity index is 785. The van der Waals surface area contributed by atoms with Crippen LogP contribution in [0.1, 0.15) is 27.9 Å². The van der Waals surface area contributed by atoms with Crippen LogP contribution in [0.3, 0.4) is 0 Å². The molecule has 1 aromatic heterocycles. The van der Waals surface area contributed by atoms with Gasteiger partial charge in [0.05, 0.1) is 5.15 Å². The molecule has 0 aliphatic carbocycles. The molecule has 4 N–H and O–H groups in total. The molecule has 0 saturated heterocycles. The van der Waals surface area contributed by atoms with Gasteiger partial charge < -0.3 is 25.1 Å². The molecule has 1 aromatic carbocycles. The van der Waals surface area contributed by atoms with Gasteiger partial charge in [-0.1, -0.05) is 23.9 Å². The fourth-order valence-electron chi connectivity index (χ4n) is 2.79. The van der Waals surface area contributed by atoms with Crippen LogP contribution in [-0.2, 0) is 13.0 Å². The van der Waals surface area contributed by atoms with Gasteiger partial charge in [-0.25, -0.2) is 4.79 Å². The van der Waals surface area contributed by atoms with Crippen molar-refractivity contribution in [3.63, 3.8) is 0 Å². The largest absolute Gasteiger partial charge is 0.537 e. The smallest absolute Gasteiger partial charge is 0.535 e. The summed E-state index contributed by atoms with van der Waals surface area (Å²) in [6.45, 7) is 2.98. The molecule has 10 heteroatoms. The lowest BCUT2D eigenvalue weighted by Gasteiger charge is -2.28. The van der Waals surface area contributed by atoms with Crippen molar-refractivity contribution < 1.29 is 19.6 Å². The summed E-state index contributed by atoms with van der Waals surface area (Å²) in [5.74, 6) is -0.810. The van der Waals surface area contributed by atoms with E-state index < -0.39 is 13.1 Å². The predicted octanol–water partition coefficient (Wildman–Crippen LogP) is 0.749. The van der Waals surface area contributed by atoms with Crippen molar-refractivity contribution in [3.05, 3.63) is 35.2 Å². The second kappa shape index (κ2) is 7.46. The van der Waals surface area contributed by atoms with E-state index in [1.165, 1.54) is 11.8 Å². The maximum absolute atomic E-state index is 11.5. The summed E-state index contributed by atoms with van der Waals surface area (Å²) >= 11 is 1.36. The molecule has 0 saturated carbocycles. The molecule has 3 rings (SSSR count). The van der Waals surface area contributed by atoms with Crippen LogP contribution in [0.4, 0.5) is 0 Å². The van der Waals surface area contributed by atoms with Crippen molar-refractivity contribution in [2.75, 3.05) is 6.54 Å². The molecule has 0 fully saturated rings. The molecule has 2 heterocycles. The molecule has 1 atom stereocenters. The highest BCUT2D eigenvalue weighted by atomic mass is 32.2. The first-order valence-corrected chi connectivity index (χ1v) is 8.84. The molecule has 1 aliphatic heterocycles. The van der Waals surface area contributed by atoms with E-state index in [0.29, 0.717) is 30.2 Å². The van der Waals surface area contributed by atoms with Gasteiger partial charge in [-0.3, -0.25) is 0 Å². The third-order valence-electron chi connectivity index (χ3n) is 4.08. The number of rotatable bonds is 6. The monoisotopic (exact) mass is 362 g/mol. The Balaban J connectivity index is 1.82. The van der Waals surface area contributed by atoms with Crippen molar-refractivity contribution in [2.24, 2.45) is 5.73 Å². The number of carboxylic acids is 1. The van der Waals surface area contributed by atoms with E-state index in [4.69, 9.17) is 10.4 Å². The highest BCUT2D eigenvalue weighted by molar-refractivity contribution is 8.01.